The van der Waals surface area contributed by atoms with E-state index in [9.17, 15) is 9.90 Å². The molecule has 3 atom stereocenters. The van der Waals surface area contributed by atoms with Crippen molar-refractivity contribution in [2.75, 3.05) is 6.54 Å². The van der Waals surface area contributed by atoms with Crippen LogP contribution in [0.5, 0.6) is 0 Å². The zero-order valence-electron chi connectivity index (χ0n) is 9.53. The summed E-state index contributed by atoms with van der Waals surface area (Å²) in [6.45, 7) is 5.55. The highest BCUT2D eigenvalue weighted by Crippen LogP contribution is 2.35. The van der Waals surface area contributed by atoms with E-state index in [0.29, 0.717) is 0 Å². The number of amides is 1. The van der Waals surface area contributed by atoms with Gasteiger partial charge in [-0.2, -0.15) is 0 Å². The molecule has 7 nitrogen and oxygen atoms in total. The second-order valence-electron chi connectivity index (χ2n) is 5.01. The van der Waals surface area contributed by atoms with E-state index in [-0.39, 0.29) is 6.54 Å². The van der Waals surface area contributed by atoms with Crippen LogP contribution in [0.4, 0.5) is 4.79 Å². The van der Waals surface area contributed by atoms with Gasteiger partial charge in [0.25, 0.3) is 0 Å². The summed E-state index contributed by atoms with van der Waals surface area (Å²) in [7, 11) is 0. The van der Waals surface area contributed by atoms with Gasteiger partial charge in [-0.3, -0.25) is 0 Å². The molecule has 1 fully saturated rings. The maximum absolute atomic E-state index is 11.0. The van der Waals surface area contributed by atoms with E-state index < -0.39 is 29.7 Å². The monoisotopic (exact) mass is 228 g/mol. The topological polar surface area (TPSA) is 110 Å². The molecule has 1 unspecified atom stereocenters. The van der Waals surface area contributed by atoms with Crippen LogP contribution in [0.15, 0.2) is 5.11 Å². The van der Waals surface area contributed by atoms with Gasteiger partial charge < -0.3 is 15.1 Å². The highest BCUT2D eigenvalue weighted by molar-refractivity contribution is 5.66. The first-order valence-electron chi connectivity index (χ1n) is 5.01. The van der Waals surface area contributed by atoms with Crippen LogP contribution < -0.4 is 0 Å². The SMILES string of the molecule is CC(C)(C)C1[C@H](N=[N+]=[N-])[C@@H](O)CN1C(=O)O. The molecule has 7 heteroatoms. The summed E-state index contributed by atoms with van der Waals surface area (Å²) >= 11 is 0. The molecular formula is C9H16N4O3. The van der Waals surface area contributed by atoms with Crippen molar-refractivity contribution >= 4 is 6.09 Å². The predicted molar refractivity (Wildman–Crippen MR) is 56.9 cm³/mol. The van der Waals surface area contributed by atoms with E-state index in [1.807, 2.05) is 20.8 Å². The quantitative estimate of drug-likeness (QED) is 0.402. The predicted octanol–water partition coefficient (Wildman–Crippen LogP) is 1.43. The van der Waals surface area contributed by atoms with E-state index in [4.69, 9.17) is 10.6 Å². The fourth-order valence-electron chi connectivity index (χ4n) is 2.19. The minimum absolute atomic E-state index is 0.0129. The molecule has 90 valence electrons. The van der Waals surface area contributed by atoms with Gasteiger partial charge in [0.1, 0.15) is 0 Å². The lowest BCUT2D eigenvalue weighted by Gasteiger charge is -2.35. The summed E-state index contributed by atoms with van der Waals surface area (Å²) in [6, 6.07) is -1.23. The summed E-state index contributed by atoms with van der Waals surface area (Å²) in [5, 5.41) is 22.2. The van der Waals surface area contributed by atoms with Crippen molar-refractivity contribution in [1.29, 1.82) is 0 Å². The lowest BCUT2D eigenvalue weighted by Crippen LogP contribution is -2.47. The number of hydrogen-bond donors (Lipinski definition) is 2. The third-order valence-electron chi connectivity index (χ3n) is 2.76. The first-order valence-corrected chi connectivity index (χ1v) is 5.01. The maximum atomic E-state index is 11.0. The van der Waals surface area contributed by atoms with Gasteiger partial charge in [-0.05, 0) is 10.9 Å². The fraction of sp³-hybridized carbons (Fsp3) is 0.889. The molecule has 0 aromatic heterocycles. The van der Waals surface area contributed by atoms with Crippen molar-refractivity contribution in [3.8, 4) is 0 Å². The average Bonchev–Trinajstić information content (AvgIpc) is 2.44. The van der Waals surface area contributed by atoms with Crippen LogP contribution in [-0.2, 0) is 0 Å². The molecule has 2 N–H and O–H groups in total. The van der Waals surface area contributed by atoms with Gasteiger partial charge in [0.2, 0.25) is 0 Å². The largest absolute Gasteiger partial charge is 0.465 e. The van der Waals surface area contributed by atoms with Crippen LogP contribution in [0.25, 0.3) is 10.4 Å². The molecule has 0 saturated carbocycles. The van der Waals surface area contributed by atoms with E-state index in [1.54, 1.807) is 0 Å². The minimum Gasteiger partial charge on any atom is -0.465 e. The van der Waals surface area contributed by atoms with Crippen LogP contribution in [0.2, 0.25) is 0 Å². The summed E-state index contributed by atoms with van der Waals surface area (Å²) in [4.78, 5) is 14.8. The minimum atomic E-state index is -1.10. The number of nitrogens with zero attached hydrogens (tertiary/aromatic N) is 4. The standard InChI is InChI=1S/C9H16N4O3/c1-9(2,3)7-6(11-12-10)5(14)4-13(7)8(15)16/h5-7,14H,4H2,1-3H3,(H,15,16)/t5-,6+,7?/m0/s1. The molecule has 1 heterocycles. The third kappa shape index (κ3) is 2.20. The molecule has 0 aromatic carbocycles. The van der Waals surface area contributed by atoms with Crippen molar-refractivity contribution in [3.05, 3.63) is 10.4 Å². The molecule has 1 rings (SSSR count). The third-order valence-corrected chi connectivity index (χ3v) is 2.76. The molecule has 0 aliphatic carbocycles. The summed E-state index contributed by atoms with van der Waals surface area (Å²) in [6.07, 6.45) is -2.04. The Hall–Kier alpha value is -1.46. The van der Waals surface area contributed by atoms with Gasteiger partial charge in [0.15, 0.2) is 0 Å². The Kier molecular flexibility index (Phi) is 3.30. The van der Waals surface area contributed by atoms with Crippen LogP contribution >= 0.6 is 0 Å². The number of β-amino-alcohol motifs (C(OH)–C–C–N with tert-alkyl or cyclic N) is 1. The number of carboxylic acid groups (broad SMARTS) is 1. The van der Waals surface area contributed by atoms with Gasteiger partial charge in [0.05, 0.1) is 24.7 Å². The molecule has 1 saturated heterocycles. The molecule has 1 amide bonds. The number of aliphatic hydroxyl groups is 1. The van der Waals surface area contributed by atoms with Crippen molar-refractivity contribution in [3.63, 3.8) is 0 Å². The van der Waals surface area contributed by atoms with Crippen LogP contribution in [0, 0.1) is 5.41 Å². The van der Waals surface area contributed by atoms with Gasteiger partial charge >= 0.3 is 6.09 Å². The number of carbonyl (C=O) groups is 1. The highest BCUT2D eigenvalue weighted by atomic mass is 16.4. The van der Waals surface area contributed by atoms with E-state index in [2.05, 4.69) is 10.0 Å². The maximum Gasteiger partial charge on any atom is 0.407 e. The van der Waals surface area contributed by atoms with Crippen molar-refractivity contribution in [2.24, 2.45) is 10.5 Å². The Balaban J connectivity index is 3.09. The molecule has 16 heavy (non-hydrogen) atoms. The molecule has 1 aliphatic heterocycles. The van der Waals surface area contributed by atoms with Gasteiger partial charge in [-0.15, -0.1) is 0 Å². The van der Waals surface area contributed by atoms with Crippen molar-refractivity contribution in [1.82, 2.24) is 4.90 Å². The molecule has 0 spiro atoms. The lowest BCUT2D eigenvalue weighted by molar-refractivity contribution is 0.102. The summed E-state index contributed by atoms with van der Waals surface area (Å²) in [5.41, 5.74) is 8.04. The zero-order valence-corrected chi connectivity index (χ0v) is 9.53. The number of aliphatic hydroxyl groups excluding tert-OH is 1. The van der Waals surface area contributed by atoms with Gasteiger partial charge in [-0.25, -0.2) is 4.79 Å². The van der Waals surface area contributed by atoms with Crippen molar-refractivity contribution < 1.29 is 15.0 Å². The van der Waals surface area contributed by atoms with Crippen LogP contribution in [0.3, 0.4) is 0 Å². The van der Waals surface area contributed by atoms with E-state index >= 15 is 0 Å². The normalized spacial score (nSPS) is 30.0. The summed E-state index contributed by atoms with van der Waals surface area (Å²) < 4.78 is 0. The average molecular weight is 228 g/mol. The molecule has 0 radical (unpaired) electrons. The van der Waals surface area contributed by atoms with Crippen LogP contribution in [0.1, 0.15) is 20.8 Å². The fourth-order valence-corrected chi connectivity index (χ4v) is 2.19. The number of rotatable bonds is 1. The van der Waals surface area contributed by atoms with E-state index in [0.717, 1.165) is 4.90 Å². The second-order valence-corrected chi connectivity index (χ2v) is 5.01. The summed E-state index contributed by atoms with van der Waals surface area (Å²) in [5.74, 6) is 0. The Morgan fingerprint density at radius 3 is 2.50 bits per heavy atom. The van der Waals surface area contributed by atoms with Gasteiger partial charge in [-0.1, -0.05) is 25.9 Å². The number of hydrogen-bond acceptors (Lipinski definition) is 3. The van der Waals surface area contributed by atoms with Crippen LogP contribution in [-0.4, -0.2) is 45.9 Å². The van der Waals surface area contributed by atoms with E-state index in [1.165, 1.54) is 0 Å². The number of azide groups is 1. The first kappa shape index (κ1) is 12.6. The molecule has 1 aliphatic rings. The zero-order chi connectivity index (χ0) is 12.5. The second kappa shape index (κ2) is 4.19. The number of likely N-dealkylation sites (tertiary alicyclic amines) is 1. The Bertz CT molecular complexity index is 332. The Morgan fingerprint density at radius 1 is 1.56 bits per heavy atom. The molecule has 0 aromatic rings. The molecular weight excluding hydrogens is 212 g/mol. The van der Waals surface area contributed by atoms with Crippen molar-refractivity contribution in [2.45, 2.75) is 39.0 Å². The smallest absolute Gasteiger partial charge is 0.407 e. The Labute approximate surface area is 93.3 Å². The first-order chi connectivity index (χ1) is 7.29. The lowest BCUT2D eigenvalue weighted by atomic mass is 9.82. The Morgan fingerprint density at radius 2 is 2.12 bits per heavy atom. The van der Waals surface area contributed by atoms with Gasteiger partial charge in [0, 0.05) is 4.91 Å². The molecule has 0 bridgehead atoms. The highest BCUT2D eigenvalue weighted by Gasteiger charge is 2.48.